The van der Waals surface area contributed by atoms with E-state index in [1.165, 1.54) is 0 Å². The number of nitrogens with one attached hydrogen (secondary N) is 3. The zero-order valence-corrected chi connectivity index (χ0v) is 12.9. The fourth-order valence-corrected chi connectivity index (χ4v) is 2.03. The summed E-state index contributed by atoms with van der Waals surface area (Å²) in [6.45, 7) is 9.69. The second kappa shape index (κ2) is 7.47. The summed E-state index contributed by atoms with van der Waals surface area (Å²) in [5.74, 6) is 0.350. The molecule has 3 N–H and O–H groups in total. The van der Waals surface area contributed by atoms with Crippen molar-refractivity contribution < 1.29 is 14.3 Å². The van der Waals surface area contributed by atoms with Crippen LogP contribution in [-0.2, 0) is 9.53 Å². The van der Waals surface area contributed by atoms with E-state index in [2.05, 4.69) is 16.0 Å². The standard InChI is InChI=1S/C14H27N3O3/c1-10(17-13(19)20-14(2,3)4)12(18)16-9-11-5-7-15-8-6-11/h10-11,15H,5-9H2,1-4H3,(H,16,18)(H,17,19)/t10-/m0/s1. The zero-order valence-electron chi connectivity index (χ0n) is 12.9. The monoisotopic (exact) mass is 285 g/mol. The summed E-state index contributed by atoms with van der Waals surface area (Å²) in [4.78, 5) is 23.4. The second-order valence-electron chi connectivity index (χ2n) is 6.31. The van der Waals surface area contributed by atoms with Crippen molar-refractivity contribution in [1.82, 2.24) is 16.0 Å². The van der Waals surface area contributed by atoms with Crippen LogP contribution in [-0.4, -0.2) is 43.3 Å². The van der Waals surface area contributed by atoms with Crippen molar-refractivity contribution in [2.45, 2.75) is 52.2 Å². The molecule has 0 aromatic heterocycles. The Morgan fingerprint density at radius 2 is 1.90 bits per heavy atom. The van der Waals surface area contributed by atoms with E-state index in [1.807, 2.05) is 0 Å². The van der Waals surface area contributed by atoms with Gasteiger partial charge in [-0.05, 0) is 59.5 Å². The highest BCUT2D eigenvalue weighted by Gasteiger charge is 2.21. The lowest BCUT2D eigenvalue weighted by Crippen LogP contribution is -2.47. The molecule has 20 heavy (non-hydrogen) atoms. The van der Waals surface area contributed by atoms with E-state index in [4.69, 9.17) is 4.74 Å². The van der Waals surface area contributed by atoms with E-state index in [0.717, 1.165) is 25.9 Å². The highest BCUT2D eigenvalue weighted by Crippen LogP contribution is 2.10. The van der Waals surface area contributed by atoms with Crippen molar-refractivity contribution in [3.05, 3.63) is 0 Å². The normalized spacial score (nSPS) is 18.2. The molecule has 1 heterocycles. The number of rotatable bonds is 4. The Kier molecular flexibility index (Phi) is 6.26. The van der Waals surface area contributed by atoms with Gasteiger partial charge in [0.15, 0.2) is 0 Å². The summed E-state index contributed by atoms with van der Waals surface area (Å²) in [7, 11) is 0. The molecule has 6 heteroatoms. The molecule has 1 fully saturated rings. The molecule has 0 aromatic rings. The van der Waals surface area contributed by atoms with Crippen LogP contribution in [0.25, 0.3) is 0 Å². The Labute approximate surface area is 121 Å². The maximum absolute atomic E-state index is 11.9. The topological polar surface area (TPSA) is 79.5 Å². The van der Waals surface area contributed by atoms with Crippen molar-refractivity contribution in [2.75, 3.05) is 19.6 Å². The van der Waals surface area contributed by atoms with Crippen molar-refractivity contribution in [2.24, 2.45) is 5.92 Å². The minimum Gasteiger partial charge on any atom is -0.444 e. The number of ether oxygens (including phenoxy) is 1. The lowest BCUT2D eigenvalue weighted by Gasteiger charge is -2.24. The number of hydrogen-bond acceptors (Lipinski definition) is 4. The number of alkyl carbamates (subject to hydrolysis) is 1. The molecule has 0 unspecified atom stereocenters. The predicted octanol–water partition coefficient (Wildman–Crippen LogP) is 1.02. The molecule has 0 saturated carbocycles. The first-order chi connectivity index (χ1) is 9.28. The van der Waals surface area contributed by atoms with Crippen LogP contribution in [0.5, 0.6) is 0 Å². The van der Waals surface area contributed by atoms with Crippen LogP contribution in [0.3, 0.4) is 0 Å². The number of amides is 2. The SMILES string of the molecule is C[C@H](NC(=O)OC(C)(C)C)C(=O)NCC1CCNCC1. The summed E-state index contributed by atoms with van der Waals surface area (Å²) in [6.07, 6.45) is 1.59. The number of hydrogen-bond donors (Lipinski definition) is 3. The fourth-order valence-electron chi connectivity index (χ4n) is 2.03. The van der Waals surface area contributed by atoms with E-state index < -0.39 is 17.7 Å². The Morgan fingerprint density at radius 3 is 2.45 bits per heavy atom. The minimum absolute atomic E-state index is 0.172. The summed E-state index contributed by atoms with van der Waals surface area (Å²) < 4.78 is 5.11. The van der Waals surface area contributed by atoms with Crippen LogP contribution in [0.4, 0.5) is 4.79 Å². The van der Waals surface area contributed by atoms with Crippen molar-refractivity contribution >= 4 is 12.0 Å². The second-order valence-corrected chi connectivity index (χ2v) is 6.31. The smallest absolute Gasteiger partial charge is 0.408 e. The first kappa shape index (κ1) is 16.8. The third kappa shape index (κ3) is 6.75. The van der Waals surface area contributed by atoms with Gasteiger partial charge in [-0.3, -0.25) is 4.79 Å². The third-order valence-corrected chi connectivity index (χ3v) is 3.15. The maximum atomic E-state index is 11.9. The van der Waals surface area contributed by atoms with E-state index in [-0.39, 0.29) is 5.91 Å². The van der Waals surface area contributed by atoms with Gasteiger partial charge < -0.3 is 20.7 Å². The Balaban J connectivity index is 2.26. The van der Waals surface area contributed by atoms with Crippen LogP contribution < -0.4 is 16.0 Å². The van der Waals surface area contributed by atoms with E-state index >= 15 is 0 Å². The summed E-state index contributed by atoms with van der Waals surface area (Å²) in [5.41, 5.74) is -0.560. The molecule has 0 aliphatic carbocycles. The Morgan fingerprint density at radius 1 is 1.30 bits per heavy atom. The van der Waals surface area contributed by atoms with Gasteiger partial charge in [0.1, 0.15) is 11.6 Å². The van der Waals surface area contributed by atoms with Crippen LogP contribution >= 0.6 is 0 Å². The molecule has 0 spiro atoms. The largest absolute Gasteiger partial charge is 0.444 e. The minimum atomic E-state index is -0.591. The molecule has 116 valence electrons. The average Bonchev–Trinajstić information content (AvgIpc) is 2.34. The zero-order chi connectivity index (χ0) is 15.2. The van der Waals surface area contributed by atoms with Gasteiger partial charge >= 0.3 is 6.09 Å². The Hall–Kier alpha value is -1.30. The van der Waals surface area contributed by atoms with Gasteiger partial charge in [-0.15, -0.1) is 0 Å². The fraction of sp³-hybridized carbons (Fsp3) is 0.857. The van der Waals surface area contributed by atoms with Gasteiger partial charge in [0, 0.05) is 6.54 Å². The molecule has 1 atom stereocenters. The van der Waals surface area contributed by atoms with Gasteiger partial charge in [-0.2, -0.15) is 0 Å². The van der Waals surface area contributed by atoms with Gasteiger partial charge in [0.25, 0.3) is 0 Å². The maximum Gasteiger partial charge on any atom is 0.408 e. The molecule has 1 saturated heterocycles. The lowest BCUT2D eigenvalue weighted by molar-refractivity contribution is -0.123. The summed E-state index contributed by atoms with van der Waals surface area (Å²) >= 11 is 0. The van der Waals surface area contributed by atoms with E-state index in [0.29, 0.717) is 12.5 Å². The Bertz CT molecular complexity index is 333. The van der Waals surface area contributed by atoms with Crippen molar-refractivity contribution in [1.29, 1.82) is 0 Å². The highest BCUT2D eigenvalue weighted by molar-refractivity contribution is 5.85. The average molecular weight is 285 g/mol. The molecule has 2 amide bonds. The molecule has 6 nitrogen and oxygen atoms in total. The van der Waals surface area contributed by atoms with Gasteiger partial charge in [0.05, 0.1) is 0 Å². The third-order valence-electron chi connectivity index (χ3n) is 3.15. The molecule has 0 radical (unpaired) electrons. The molecule has 1 aliphatic rings. The van der Waals surface area contributed by atoms with E-state index in [9.17, 15) is 9.59 Å². The molecule has 1 rings (SSSR count). The van der Waals surface area contributed by atoms with Gasteiger partial charge in [-0.25, -0.2) is 4.79 Å². The van der Waals surface area contributed by atoms with E-state index in [1.54, 1.807) is 27.7 Å². The number of carbonyl (C=O) groups is 2. The molecule has 1 aliphatic heterocycles. The van der Waals surface area contributed by atoms with Crippen LogP contribution in [0.2, 0.25) is 0 Å². The predicted molar refractivity (Wildman–Crippen MR) is 77.4 cm³/mol. The first-order valence-electron chi connectivity index (χ1n) is 7.26. The summed E-state index contributed by atoms with van der Waals surface area (Å²) in [6, 6.07) is -0.591. The van der Waals surface area contributed by atoms with Crippen LogP contribution in [0, 0.1) is 5.92 Å². The quantitative estimate of drug-likeness (QED) is 0.720. The highest BCUT2D eigenvalue weighted by atomic mass is 16.6. The van der Waals surface area contributed by atoms with Crippen molar-refractivity contribution in [3.8, 4) is 0 Å². The number of carbonyl (C=O) groups excluding carboxylic acids is 2. The molecule has 0 bridgehead atoms. The molecular formula is C14H27N3O3. The number of piperidine rings is 1. The van der Waals surface area contributed by atoms with Gasteiger partial charge in [0.2, 0.25) is 5.91 Å². The molecule has 0 aromatic carbocycles. The molecular weight excluding hydrogens is 258 g/mol. The van der Waals surface area contributed by atoms with Crippen LogP contribution in [0.1, 0.15) is 40.5 Å². The first-order valence-corrected chi connectivity index (χ1v) is 7.26. The summed E-state index contributed by atoms with van der Waals surface area (Å²) in [5, 5.41) is 8.71. The van der Waals surface area contributed by atoms with Gasteiger partial charge in [-0.1, -0.05) is 0 Å². The lowest BCUT2D eigenvalue weighted by atomic mass is 9.98. The van der Waals surface area contributed by atoms with Crippen molar-refractivity contribution in [3.63, 3.8) is 0 Å². The van der Waals surface area contributed by atoms with Crippen LogP contribution in [0.15, 0.2) is 0 Å².